The van der Waals surface area contributed by atoms with Gasteiger partial charge in [0, 0.05) is 17.9 Å². The molecule has 25 heavy (non-hydrogen) atoms. The summed E-state index contributed by atoms with van der Waals surface area (Å²) < 4.78 is 0. The number of amides is 4. The van der Waals surface area contributed by atoms with Crippen molar-refractivity contribution in [1.29, 1.82) is 0 Å². The molecule has 0 aliphatic carbocycles. The Hall–Kier alpha value is -3.22. The summed E-state index contributed by atoms with van der Waals surface area (Å²) in [6, 6.07) is 7.53. The third-order valence-electron chi connectivity index (χ3n) is 3.85. The van der Waals surface area contributed by atoms with Crippen LogP contribution in [0.3, 0.4) is 0 Å². The van der Waals surface area contributed by atoms with E-state index in [2.05, 4.69) is 15.6 Å². The molecule has 1 aromatic heterocycles. The van der Waals surface area contributed by atoms with Gasteiger partial charge < -0.3 is 5.32 Å². The van der Waals surface area contributed by atoms with Crippen LogP contribution in [0.25, 0.3) is 0 Å². The fourth-order valence-corrected chi connectivity index (χ4v) is 2.69. The largest absolute Gasteiger partial charge is 0.324 e. The first-order valence-electron chi connectivity index (χ1n) is 7.89. The molecular weight excluding hydrogens is 320 g/mol. The zero-order valence-electron chi connectivity index (χ0n) is 14.2. The minimum absolute atomic E-state index is 0.223. The van der Waals surface area contributed by atoms with Gasteiger partial charge in [0.15, 0.2) is 0 Å². The summed E-state index contributed by atoms with van der Waals surface area (Å²) in [5.41, 5.74) is 2.05. The van der Waals surface area contributed by atoms with Crippen molar-refractivity contribution < 1.29 is 14.4 Å². The number of hydrogen-bond donors (Lipinski definition) is 2. The van der Waals surface area contributed by atoms with Gasteiger partial charge in [-0.1, -0.05) is 0 Å². The topological polar surface area (TPSA) is 91.4 Å². The van der Waals surface area contributed by atoms with E-state index >= 15 is 0 Å². The third kappa shape index (κ3) is 3.21. The summed E-state index contributed by atoms with van der Waals surface area (Å²) >= 11 is 0. The summed E-state index contributed by atoms with van der Waals surface area (Å²) in [6.07, 6.45) is 1.60. The maximum atomic E-state index is 12.4. The Bertz CT molecular complexity index is 876. The second-order valence-corrected chi connectivity index (χ2v) is 6.13. The Labute approximate surface area is 145 Å². The zero-order chi connectivity index (χ0) is 18.1. The molecule has 2 aromatic rings. The number of benzene rings is 1. The van der Waals surface area contributed by atoms with Crippen LogP contribution >= 0.6 is 0 Å². The number of aromatic nitrogens is 1. The van der Waals surface area contributed by atoms with E-state index in [4.69, 9.17) is 0 Å². The summed E-state index contributed by atoms with van der Waals surface area (Å²) in [5.74, 6) is -0.231. The summed E-state index contributed by atoms with van der Waals surface area (Å²) in [4.78, 5) is 42.0. The van der Waals surface area contributed by atoms with E-state index in [0.29, 0.717) is 22.6 Å². The smallest absolute Gasteiger partial charge is 0.308 e. The molecule has 0 bridgehead atoms. The number of rotatable bonds is 3. The van der Waals surface area contributed by atoms with Crippen molar-refractivity contribution in [2.24, 2.45) is 0 Å². The molecule has 2 heterocycles. The molecule has 1 aliphatic rings. The molecule has 7 heteroatoms. The normalized spacial score (nSPS) is 13.2. The SMILES string of the molecule is Cc1ccnc(NC(=O)Nc2ccc3c(c2)C(=O)N(C(C)C)C3=O)c1. The molecule has 1 aliphatic heterocycles. The first-order chi connectivity index (χ1) is 11.9. The average molecular weight is 338 g/mol. The van der Waals surface area contributed by atoms with Crippen molar-refractivity contribution in [3.05, 3.63) is 53.2 Å². The number of pyridine rings is 1. The predicted octanol–water partition coefficient (Wildman–Crippen LogP) is 3.04. The maximum absolute atomic E-state index is 12.4. The van der Waals surface area contributed by atoms with Crippen LogP contribution in [0.4, 0.5) is 16.3 Å². The standard InChI is InChI=1S/C18H18N4O3/c1-10(2)22-16(23)13-5-4-12(9-14(13)17(22)24)20-18(25)21-15-8-11(3)6-7-19-15/h4-10H,1-3H3,(H2,19,20,21,25). The molecule has 0 unspecified atom stereocenters. The molecule has 0 spiro atoms. The van der Waals surface area contributed by atoms with E-state index in [-0.39, 0.29) is 17.9 Å². The van der Waals surface area contributed by atoms with Crippen LogP contribution in [0.2, 0.25) is 0 Å². The molecule has 0 radical (unpaired) electrons. The van der Waals surface area contributed by atoms with Gasteiger partial charge in [0.25, 0.3) is 11.8 Å². The molecule has 0 atom stereocenters. The first-order valence-corrected chi connectivity index (χ1v) is 7.89. The lowest BCUT2D eigenvalue weighted by molar-refractivity contribution is 0.0609. The number of nitrogens with zero attached hydrogens (tertiary/aromatic N) is 2. The van der Waals surface area contributed by atoms with Crippen LogP contribution in [0.1, 0.15) is 40.1 Å². The van der Waals surface area contributed by atoms with Crippen molar-refractivity contribution in [1.82, 2.24) is 9.88 Å². The molecule has 1 aromatic carbocycles. The fraction of sp³-hybridized carbons (Fsp3) is 0.222. The second-order valence-electron chi connectivity index (χ2n) is 6.13. The van der Waals surface area contributed by atoms with Crippen molar-refractivity contribution in [2.45, 2.75) is 26.8 Å². The van der Waals surface area contributed by atoms with Crippen molar-refractivity contribution >= 4 is 29.4 Å². The van der Waals surface area contributed by atoms with Gasteiger partial charge in [-0.25, -0.2) is 9.78 Å². The van der Waals surface area contributed by atoms with Crippen LogP contribution in [-0.4, -0.2) is 33.8 Å². The van der Waals surface area contributed by atoms with E-state index in [1.54, 1.807) is 38.2 Å². The fourth-order valence-electron chi connectivity index (χ4n) is 2.69. The summed E-state index contributed by atoms with van der Waals surface area (Å²) in [7, 11) is 0. The highest BCUT2D eigenvalue weighted by atomic mass is 16.2. The Morgan fingerprint density at radius 2 is 1.76 bits per heavy atom. The van der Waals surface area contributed by atoms with Crippen LogP contribution < -0.4 is 10.6 Å². The van der Waals surface area contributed by atoms with Gasteiger partial charge >= 0.3 is 6.03 Å². The number of carbonyl (C=O) groups excluding carboxylic acids is 3. The highest BCUT2D eigenvalue weighted by molar-refractivity contribution is 6.22. The van der Waals surface area contributed by atoms with Crippen LogP contribution in [-0.2, 0) is 0 Å². The van der Waals surface area contributed by atoms with Gasteiger partial charge in [0.2, 0.25) is 0 Å². The molecule has 7 nitrogen and oxygen atoms in total. The first kappa shape index (κ1) is 16.6. The van der Waals surface area contributed by atoms with Crippen LogP contribution in [0.5, 0.6) is 0 Å². The Morgan fingerprint density at radius 1 is 1.04 bits per heavy atom. The zero-order valence-corrected chi connectivity index (χ0v) is 14.2. The number of urea groups is 1. The minimum atomic E-state index is -0.476. The van der Waals surface area contributed by atoms with E-state index in [0.717, 1.165) is 5.56 Å². The van der Waals surface area contributed by atoms with E-state index < -0.39 is 6.03 Å². The minimum Gasteiger partial charge on any atom is -0.308 e. The second kappa shape index (κ2) is 6.35. The number of hydrogen-bond acceptors (Lipinski definition) is 4. The number of fused-ring (bicyclic) bond motifs is 1. The predicted molar refractivity (Wildman–Crippen MR) is 93.7 cm³/mol. The third-order valence-corrected chi connectivity index (χ3v) is 3.85. The summed E-state index contributed by atoms with van der Waals surface area (Å²) in [6.45, 7) is 5.46. The Morgan fingerprint density at radius 3 is 2.44 bits per heavy atom. The van der Waals surface area contributed by atoms with Crippen molar-refractivity contribution in [3.8, 4) is 0 Å². The lowest BCUT2D eigenvalue weighted by atomic mass is 10.1. The molecule has 2 N–H and O–H groups in total. The number of aryl methyl sites for hydroxylation is 1. The van der Waals surface area contributed by atoms with E-state index in [1.807, 2.05) is 13.0 Å². The van der Waals surface area contributed by atoms with E-state index in [1.165, 1.54) is 11.0 Å². The highest BCUT2D eigenvalue weighted by Crippen LogP contribution is 2.27. The quantitative estimate of drug-likeness (QED) is 0.842. The average Bonchev–Trinajstić information content (AvgIpc) is 2.78. The van der Waals surface area contributed by atoms with Gasteiger partial charge in [-0.15, -0.1) is 0 Å². The van der Waals surface area contributed by atoms with Gasteiger partial charge in [0.1, 0.15) is 5.82 Å². The van der Waals surface area contributed by atoms with Gasteiger partial charge in [0.05, 0.1) is 11.1 Å². The Balaban J connectivity index is 1.77. The molecule has 128 valence electrons. The Kier molecular flexibility index (Phi) is 4.22. The lowest BCUT2D eigenvalue weighted by Gasteiger charge is -2.17. The van der Waals surface area contributed by atoms with Crippen LogP contribution in [0, 0.1) is 6.92 Å². The molecular formula is C18H18N4O3. The molecule has 0 saturated heterocycles. The van der Waals surface area contributed by atoms with E-state index in [9.17, 15) is 14.4 Å². The molecule has 0 saturated carbocycles. The molecule has 3 rings (SSSR count). The maximum Gasteiger partial charge on any atom is 0.324 e. The monoisotopic (exact) mass is 338 g/mol. The van der Waals surface area contributed by atoms with Gasteiger partial charge in [-0.3, -0.25) is 19.8 Å². The number of carbonyl (C=O) groups is 3. The number of imide groups is 1. The number of nitrogens with one attached hydrogen (secondary N) is 2. The number of anilines is 2. The van der Waals surface area contributed by atoms with Gasteiger partial charge in [-0.05, 0) is 56.7 Å². The van der Waals surface area contributed by atoms with Crippen molar-refractivity contribution in [3.63, 3.8) is 0 Å². The molecule has 0 fully saturated rings. The van der Waals surface area contributed by atoms with Crippen LogP contribution in [0.15, 0.2) is 36.5 Å². The van der Waals surface area contributed by atoms with Crippen molar-refractivity contribution in [2.75, 3.05) is 10.6 Å². The highest BCUT2D eigenvalue weighted by Gasteiger charge is 2.37. The summed E-state index contributed by atoms with van der Waals surface area (Å²) in [5, 5.41) is 5.27. The van der Waals surface area contributed by atoms with Gasteiger partial charge in [-0.2, -0.15) is 0 Å². The molecule has 4 amide bonds. The lowest BCUT2D eigenvalue weighted by Crippen LogP contribution is -2.35.